The summed E-state index contributed by atoms with van der Waals surface area (Å²) in [7, 11) is 3.29. The van der Waals surface area contributed by atoms with Crippen LogP contribution in [0.1, 0.15) is 16.8 Å². The summed E-state index contributed by atoms with van der Waals surface area (Å²) in [4.78, 5) is 71.6. The van der Waals surface area contributed by atoms with E-state index in [2.05, 4.69) is 85.4 Å². The molecule has 13 heterocycles. The number of rotatable bonds is 15. The van der Waals surface area contributed by atoms with Gasteiger partial charge >= 0.3 is 0 Å². The fourth-order valence-electron chi connectivity index (χ4n) is 9.50. The van der Waals surface area contributed by atoms with Crippen LogP contribution in [0.5, 0.6) is 23.1 Å². The van der Waals surface area contributed by atoms with E-state index in [1.54, 1.807) is 57.7 Å². The zero-order valence-corrected chi connectivity index (χ0v) is 54.1. The summed E-state index contributed by atoms with van der Waals surface area (Å²) in [5, 5.41) is 5.98. The van der Waals surface area contributed by atoms with E-state index in [9.17, 15) is 13.2 Å². The summed E-state index contributed by atoms with van der Waals surface area (Å²) in [6, 6.07) is 52.1. The molecule has 0 spiro atoms. The molecule has 0 fully saturated rings. The maximum Gasteiger partial charge on any atom is 0.251 e. The van der Waals surface area contributed by atoms with Crippen LogP contribution < -0.4 is 30.6 Å². The van der Waals surface area contributed by atoms with Crippen LogP contribution in [0.3, 0.4) is 0 Å². The minimum Gasteiger partial charge on any atom is -0.497 e. The van der Waals surface area contributed by atoms with E-state index < -0.39 is 17.5 Å². The largest absolute Gasteiger partial charge is 0.497 e. The summed E-state index contributed by atoms with van der Waals surface area (Å²) in [6.07, 6.45) is 19.6. The number of halogens is 3. The maximum absolute atomic E-state index is 14.2. The standard InChI is InChI=1S/C24H19N5O2.C23H18FN7O.C15H10FN7.C6H7N.C5H5FN2/c1-30-18-12-10-17(11-13-18)15-29-16-26-21-23(29)27-22(20-9-5-6-14-25-20)28-24(21)31-19-7-3-2-4-8-19;1-32-16-7-5-15(6-8-16)13-31-14-27-20-22(28-18-9-11-25-12-17(18)24)29-21(30-23(20)31)19-4-2-3-10-26-19;16-9-7-17-6-4-10(9)21-15-12-14(20-8-19-12)22-13(23-15)11-3-1-2-5-18-11;1-6-4-2-3-5-7-6;6-4-3-8-2-1-5(4)7/h2-14,16H,15H2,1H3;2-12,14H,13H2,1H3,(H,25,28,29,30);1-8H,(H2,17,19,20,21,22,23);2-5H,1H3;1-3H,(H2,7,8). The van der Waals surface area contributed by atoms with Gasteiger partial charge in [0.2, 0.25) is 0 Å². The Morgan fingerprint density at radius 3 is 1.39 bits per heavy atom. The number of pyridine rings is 7. The van der Waals surface area contributed by atoms with E-state index in [0.717, 1.165) is 46.9 Å². The maximum atomic E-state index is 14.2. The average Bonchev–Trinajstić information content (AvgIpc) is 1.71. The quantitative estimate of drug-likeness (QED) is 0.0741. The fourth-order valence-corrected chi connectivity index (χ4v) is 9.50. The van der Waals surface area contributed by atoms with Crippen molar-refractivity contribution in [2.75, 3.05) is 30.6 Å². The van der Waals surface area contributed by atoms with Crippen molar-refractivity contribution in [1.29, 1.82) is 0 Å². The number of para-hydroxylation sites is 1. The van der Waals surface area contributed by atoms with Gasteiger partial charge in [0.1, 0.15) is 39.8 Å². The topological polar surface area (TPSA) is 310 Å². The molecule has 25 nitrogen and oxygen atoms in total. The highest BCUT2D eigenvalue weighted by atomic mass is 19.1. The van der Waals surface area contributed by atoms with Gasteiger partial charge in [-0.25, -0.2) is 53.0 Å². The number of hydrogen-bond acceptors (Lipinski definition) is 22. The molecule has 0 atom stereocenters. The van der Waals surface area contributed by atoms with Crippen LogP contribution in [0.25, 0.3) is 68.0 Å². The third-order valence-corrected chi connectivity index (χ3v) is 14.5. The second-order valence-corrected chi connectivity index (χ2v) is 21.4. The van der Waals surface area contributed by atoms with Gasteiger partial charge in [-0.1, -0.05) is 66.7 Å². The number of nitrogen functional groups attached to an aromatic ring is 1. The van der Waals surface area contributed by atoms with Gasteiger partial charge in [-0.2, -0.15) is 4.98 Å². The van der Waals surface area contributed by atoms with Crippen LogP contribution in [0.2, 0.25) is 0 Å². The van der Waals surface area contributed by atoms with Gasteiger partial charge in [0.15, 0.2) is 74.5 Å². The number of aromatic nitrogens is 19. The predicted molar refractivity (Wildman–Crippen MR) is 375 cm³/mol. The van der Waals surface area contributed by atoms with Gasteiger partial charge < -0.3 is 44.7 Å². The zero-order chi connectivity index (χ0) is 69.7. The van der Waals surface area contributed by atoms with E-state index >= 15 is 0 Å². The number of fused-ring (bicyclic) bond motifs is 3. The van der Waals surface area contributed by atoms with E-state index in [1.165, 1.54) is 43.1 Å². The minimum atomic E-state index is -0.490. The van der Waals surface area contributed by atoms with Gasteiger partial charge in [0.05, 0.1) is 81.9 Å². The van der Waals surface area contributed by atoms with Crippen LogP contribution in [0.4, 0.5) is 41.9 Å². The molecule has 0 saturated carbocycles. The highest BCUT2D eigenvalue weighted by Gasteiger charge is 2.20. The van der Waals surface area contributed by atoms with E-state index in [0.29, 0.717) is 104 Å². The number of imidazole rings is 3. The Labute approximate surface area is 574 Å². The smallest absolute Gasteiger partial charge is 0.251 e. The molecular weight excluding hydrogens is 1290 g/mol. The Morgan fingerprint density at radius 1 is 0.436 bits per heavy atom. The number of aromatic amines is 1. The first-order valence-electron chi connectivity index (χ1n) is 30.9. The molecule has 101 heavy (non-hydrogen) atoms. The van der Waals surface area contributed by atoms with E-state index in [1.807, 2.05) is 162 Å². The van der Waals surface area contributed by atoms with Crippen molar-refractivity contribution in [3.05, 3.63) is 285 Å². The zero-order valence-electron chi connectivity index (χ0n) is 54.1. The molecule has 13 aromatic heterocycles. The van der Waals surface area contributed by atoms with E-state index in [-0.39, 0.29) is 17.1 Å². The lowest BCUT2D eigenvalue weighted by atomic mass is 10.2. The third-order valence-electron chi connectivity index (χ3n) is 14.5. The Bertz CT molecular complexity index is 5300. The van der Waals surface area contributed by atoms with Crippen LogP contribution >= 0.6 is 0 Å². The second-order valence-electron chi connectivity index (χ2n) is 21.4. The molecule has 0 amide bonds. The van der Waals surface area contributed by atoms with Crippen molar-refractivity contribution in [3.8, 4) is 57.7 Å². The number of ether oxygens (including phenoxy) is 3. The molecule has 0 bridgehead atoms. The summed E-state index contributed by atoms with van der Waals surface area (Å²) < 4.78 is 60.6. The average molecular weight is 1350 g/mol. The molecule has 0 radical (unpaired) electrons. The first-order valence-corrected chi connectivity index (χ1v) is 30.9. The lowest BCUT2D eigenvalue weighted by molar-refractivity contribution is 0.414. The molecule has 0 saturated heterocycles. The lowest BCUT2D eigenvalue weighted by Crippen LogP contribution is -2.04. The summed E-state index contributed by atoms with van der Waals surface area (Å²) in [5.74, 6) is 3.34. The number of methoxy groups -OCH3 is 2. The molecule has 28 heteroatoms. The highest BCUT2D eigenvalue weighted by molar-refractivity contribution is 5.88. The lowest BCUT2D eigenvalue weighted by Gasteiger charge is -2.10. The normalized spacial score (nSPS) is 10.6. The van der Waals surface area contributed by atoms with Gasteiger partial charge in [-0.3, -0.25) is 34.9 Å². The third kappa shape index (κ3) is 17.3. The summed E-state index contributed by atoms with van der Waals surface area (Å²) in [6.45, 7) is 3.12. The van der Waals surface area contributed by atoms with Crippen molar-refractivity contribution in [3.63, 3.8) is 0 Å². The summed E-state index contributed by atoms with van der Waals surface area (Å²) in [5.41, 5.74) is 14.3. The van der Waals surface area contributed by atoms with E-state index in [4.69, 9.17) is 29.9 Å². The van der Waals surface area contributed by atoms with Crippen molar-refractivity contribution in [2.45, 2.75) is 20.0 Å². The Balaban J connectivity index is 0.000000131. The van der Waals surface area contributed by atoms with Gasteiger partial charge in [-0.15, -0.1) is 0 Å². The first-order chi connectivity index (χ1) is 49.5. The van der Waals surface area contributed by atoms with Crippen molar-refractivity contribution < 1.29 is 27.4 Å². The SMILES string of the molecule is COc1ccc(Cn2cnc3c(Nc4ccncc4F)nc(-c4ccccn4)nc32)cc1.COc1ccc(Cn2cnc3c(Oc4ccccc4)nc(-c4ccccn4)nc32)cc1.Cc1ccccn1.Fc1cnccc1Nc1nc(-c2ccccn2)nc2nc[nH]c12.Nc1ccncc1F. The van der Waals surface area contributed by atoms with Crippen LogP contribution in [-0.2, 0) is 13.1 Å². The number of aryl methyl sites for hydroxylation is 1. The van der Waals surface area contributed by atoms with Crippen molar-refractivity contribution in [1.82, 2.24) is 93.9 Å². The molecule has 5 N–H and O–H groups in total. The highest BCUT2D eigenvalue weighted by Crippen LogP contribution is 2.32. The molecule has 16 aromatic rings. The Kier molecular flexibility index (Phi) is 21.6. The first kappa shape index (κ1) is 67.0. The van der Waals surface area contributed by atoms with Crippen molar-refractivity contribution >= 4 is 62.2 Å². The number of nitrogens with two attached hydrogens (primary N) is 1. The molecule has 3 aromatic carbocycles. The number of nitrogens with one attached hydrogen (secondary N) is 3. The summed E-state index contributed by atoms with van der Waals surface area (Å²) >= 11 is 0. The number of benzene rings is 3. The molecule has 16 rings (SSSR count). The van der Waals surface area contributed by atoms with Crippen LogP contribution in [0.15, 0.2) is 251 Å². The van der Waals surface area contributed by atoms with Crippen molar-refractivity contribution in [2.24, 2.45) is 0 Å². The van der Waals surface area contributed by atoms with Gasteiger partial charge in [0, 0.05) is 49.1 Å². The Morgan fingerprint density at radius 2 is 0.911 bits per heavy atom. The van der Waals surface area contributed by atoms with Crippen LogP contribution in [0, 0.1) is 24.4 Å². The second kappa shape index (κ2) is 32.6. The predicted octanol–water partition coefficient (Wildman–Crippen LogP) is 13.8. The van der Waals surface area contributed by atoms with Gasteiger partial charge in [-0.05, 0) is 121 Å². The molecule has 0 aliphatic heterocycles. The molecule has 0 unspecified atom stereocenters. The molecule has 0 aliphatic rings. The molecule has 500 valence electrons. The number of nitrogens with zero attached hydrogens (tertiary/aromatic N) is 18. The van der Waals surface area contributed by atoms with Gasteiger partial charge in [0.25, 0.3) is 5.88 Å². The number of hydrogen-bond donors (Lipinski definition) is 4. The molecular formula is C73H59F3N22O3. The number of H-pyrrole nitrogens is 1. The monoisotopic (exact) mass is 1350 g/mol. The minimum absolute atomic E-state index is 0.139. The Hall–Kier alpha value is -14.1. The molecule has 0 aliphatic carbocycles. The number of anilines is 5. The van der Waals surface area contributed by atoms with Crippen LogP contribution in [-0.4, -0.2) is 108 Å². The fraction of sp³-hybridized carbons (Fsp3) is 0.0685.